The summed E-state index contributed by atoms with van der Waals surface area (Å²) in [7, 11) is 0. The van der Waals surface area contributed by atoms with E-state index in [2.05, 4.69) is 34.3 Å². The van der Waals surface area contributed by atoms with Gasteiger partial charge in [0.2, 0.25) is 0 Å². The first-order valence-electron chi connectivity index (χ1n) is 6.66. The summed E-state index contributed by atoms with van der Waals surface area (Å²) < 4.78 is 0. The van der Waals surface area contributed by atoms with Crippen molar-refractivity contribution in [2.75, 3.05) is 0 Å². The van der Waals surface area contributed by atoms with Gasteiger partial charge in [0.05, 0.1) is 0 Å². The first kappa shape index (κ1) is 13.0. The van der Waals surface area contributed by atoms with Crippen LogP contribution in [0.3, 0.4) is 0 Å². The SMILES string of the molecule is [N-]=[N+]=N[C@@H]1Cc2ccccc2[C@@H](c2ccccc2Cl)C1. The first-order chi connectivity index (χ1) is 9.79. The van der Waals surface area contributed by atoms with Crippen LogP contribution >= 0.6 is 11.6 Å². The molecule has 0 saturated heterocycles. The van der Waals surface area contributed by atoms with Gasteiger partial charge >= 0.3 is 0 Å². The number of hydrogen-bond donors (Lipinski definition) is 0. The maximum absolute atomic E-state index is 8.71. The molecule has 2 atom stereocenters. The Morgan fingerprint density at radius 2 is 1.75 bits per heavy atom. The van der Waals surface area contributed by atoms with Crippen molar-refractivity contribution in [1.82, 2.24) is 0 Å². The molecule has 2 aromatic carbocycles. The summed E-state index contributed by atoms with van der Waals surface area (Å²) in [6.07, 6.45) is 1.62. The maximum Gasteiger partial charge on any atom is 0.0444 e. The predicted octanol–water partition coefficient (Wildman–Crippen LogP) is 5.10. The van der Waals surface area contributed by atoms with Crippen LogP contribution < -0.4 is 0 Å². The number of halogens is 1. The Balaban J connectivity index is 2.09. The molecule has 2 aromatic rings. The minimum absolute atomic E-state index is 0.00354. The Labute approximate surface area is 122 Å². The number of nitrogens with zero attached hydrogens (tertiary/aromatic N) is 3. The van der Waals surface area contributed by atoms with Gasteiger partial charge in [-0.15, -0.1) is 0 Å². The normalized spacial score (nSPS) is 20.9. The van der Waals surface area contributed by atoms with Gasteiger partial charge in [-0.25, -0.2) is 0 Å². The van der Waals surface area contributed by atoms with Crippen molar-refractivity contribution in [3.8, 4) is 0 Å². The summed E-state index contributed by atoms with van der Waals surface area (Å²) in [6.45, 7) is 0. The van der Waals surface area contributed by atoms with Crippen molar-refractivity contribution < 1.29 is 0 Å². The van der Waals surface area contributed by atoms with E-state index in [1.807, 2.05) is 24.3 Å². The van der Waals surface area contributed by atoms with Crippen LogP contribution in [0.25, 0.3) is 10.4 Å². The Bertz CT molecular complexity index is 677. The lowest BCUT2D eigenvalue weighted by Crippen LogP contribution is -2.22. The molecule has 20 heavy (non-hydrogen) atoms. The Morgan fingerprint density at radius 1 is 1.05 bits per heavy atom. The maximum atomic E-state index is 8.71. The highest BCUT2D eigenvalue weighted by atomic mass is 35.5. The van der Waals surface area contributed by atoms with Crippen LogP contribution in [0.5, 0.6) is 0 Å². The molecule has 1 aliphatic rings. The molecule has 0 heterocycles. The van der Waals surface area contributed by atoms with E-state index in [0.717, 1.165) is 23.4 Å². The third kappa shape index (κ3) is 2.38. The van der Waals surface area contributed by atoms with E-state index in [1.165, 1.54) is 11.1 Å². The molecule has 0 aliphatic heterocycles. The second kappa shape index (κ2) is 5.58. The number of rotatable bonds is 2. The number of fused-ring (bicyclic) bond motifs is 1. The second-order valence-corrected chi connectivity index (χ2v) is 5.48. The fourth-order valence-electron chi connectivity index (χ4n) is 3.01. The highest BCUT2D eigenvalue weighted by molar-refractivity contribution is 6.31. The highest BCUT2D eigenvalue weighted by Gasteiger charge is 2.28. The summed E-state index contributed by atoms with van der Waals surface area (Å²) in [4.78, 5) is 2.97. The van der Waals surface area contributed by atoms with Crippen LogP contribution in [0.15, 0.2) is 53.6 Å². The summed E-state index contributed by atoms with van der Waals surface area (Å²) in [5.74, 6) is 0.198. The fourth-order valence-corrected chi connectivity index (χ4v) is 3.28. The van der Waals surface area contributed by atoms with E-state index in [0.29, 0.717) is 0 Å². The average molecular weight is 284 g/mol. The Kier molecular flexibility index (Phi) is 3.64. The van der Waals surface area contributed by atoms with Crippen LogP contribution in [-0.4, -0.2) is 6.04 Å². The quantitative estimate of drug-likeness (QED) is 0.418. The van der Waals surface area contributed by atoms with Gasteiger partial charge in [-0.05, 0) is 41.1 Å². The zero-order valence-electron chi connectivity index (χ0n) is 10.9. The molecule has 0 amide bonds. The zero-order chi connectivity index (χ0) is 13.9. The lowest BCUT2D eigenvalue weighted by Gasteiger charge is -2.30. The van der Waals surface area contributed by atoms with Crippen molar-refractivity contribution >= 4 is 11.6 Å². The third-order valence-corrected chi connectivity index (χ3v) is 4.23. The van der Waals surface area contributed by atoms with E-state index in [4.69, 9.17) is 17.1 Å². The van der Waals surface area contributed by atoms with Gasteiger partial charge in [0.1, 0.15) is 0 Å². The van der Waals surface area contributed by atoms with Crippen molar-refractivity contribution in [2.24, 2.45) is 5.11 Å². The molecule has 4 heteroatoms. The summed E-state index contributed by atoms with van der Waals surface area (Å²) in [5, 5.41) is 4.70. The molecule has 0 spiro atoms. The average Bonchev–Trinajstić information content (AvgIpc) is 2.47. The van der Waals surface area contributed by atoms with Crippen molar-refractivity contribution in [3.05, 3.63) is 80.7 Å². The molecule has 0 saturated carbocycles. The van der Waals surface area contributed by atoms with Gasteiger partial charge in [-0.2, -0.15) is 0 Å². The lowest BCUT2D eigenvalue weighted by molar-refractivity contribution is 0.529. The van der Waals surface area contributed by atoms with Crippen molar-refractivity contribution in [1.29, 1.82) is 0 Å². The largest absolute Gasteiger partial charge is 0.0902 e. The summed E-state index contributed by atoms with van der Waals surface area (Å²) >= 11 is 6.35. The highest BCUT2D eigenvalue weighted by Crippen LogP contribution is 2.40. The molecule has 0 N–H and O–H groups in total. The topological polar surface area (TPSA) is 48.8 Å². The molecular formula is C16H14ClN3. The Hall–Kier alpha value is -1.96. The van der Waals surface area contributed by atoms with Gasteiger partial charge in [-0.1, -0.05) is 59.2 Å². The molecule has 0 fully saturated rings. The summed E-state index contributed by atoms with van der Waals surface area (Å²) in [5.41, 5.74) is 12.4. The fraction of sp³-hybridized carbons (Fsp3) is 0.250. The standard InChI is InChI=1S/C16H14ClN3/c17-16-8-4-3-7-14(16)15-10-12(19-20-18)9-11-5-1-2-6-13(11)15/h1-8,12,15H,9-10H2/t12-,15+/m1/s1. The van der Waals surface area contributed by atoms with Crippen LogP contribution in [0.2, 0.25) is 5.02 Å². The van der Waals surface area contributed by atoms with Crippen LogP contribution in [0.4, 0.5) is 0 Å². The van der Waals surface area contributed by atoms with Crippen molar-refractivity contribution in [3.63, 3.8) is 0 Å². The van der Waals surface area contributed by atoms with E-state index in [9.17, 15) is 0 Å². The lowest BCUT2D eigenvalue weighted by atomic mass is 9.77. The van der Waals surface area contributed by atoms with Gasteiger partial charge in [0.25, 0.3) is 0 Å². The van der Waals surface area contributed by atoms with Gasteiger partial charge in [0.15, 0.2) is 0 Å². The van der Waals surface area contributed by atoms with Crippen LogP contribution in [0.1, 0.15) is 29.0 Å². The molecule has 0 bridgehead atoms. The molecule has 3 rings (SSSR count). The van der Waals surface area contributed by atoms with Gasteiger partial charge in [0, 0.05) is 21.9 Å². The number of azide groups is 1. The molecule has 3 nitrogen and oxygen atoms in total. The van der Waals surface area contributed by atoms with Crippen LogP contribution in [0, 0.1) is 0 Å². The van der Waals surface area contributed by atoms with E-state index in [-0.39, 0.29) is 12.0 Å². The number of hydrogen-bond acceptors (Lipinski definition) is 1. The molecule has 0 aromatic heterocycles. The second-order valence-electron chi connectivity index (χ2n) is 5.07. The smallest absolute Gasteiger partial charge is 0.0444 e. The molecule has 100 valence electrons. The van der Waals surface area contributed by atoms with Gasteiger partial charge in [-0.3, -0.25) is 0 Å². The molecule has 0 unspecified atom stereocenters. The minimum atomic E-state index is -0.00354. The summed E-state index contributed by atoms with van der Waals surface area (Å²) in [6, 6.07) is 16.2. The van der Waals surface area contributed by atoms with E-state index in [1.54, 1.807) is 0 Å². The minimum Gasteiger partial charge on any atom is -0.0902 e. The van der Waals surface area contributed by atoms with Gasteiger partial charge < -0.3 is 0 Å². The molecule has 1 aliphatic carbocycles. The monoisotopic (exact) mass is 283 g/mol. The molecular weight excluding hydrogens is 270 g/mol. The van der Waals surface area contributed by atoms with E-state index < -0.39 is 0 Å². The Morgan fingerprint density at radius 3 is 2.50 bits per heavy atom. The first-order valence-corrected chi connectivity index (χ1v) is 7.04. The zero-order valence-corrected chi connectivity index (χ0v) is 11.7. The van der Waals surface area contributed by atoms with Crippen molar-refractivity contribution in [2.45, 2.75) is 24.8 Å². The molecule has 0 radical (unpaired) electrons. The van der Waals surface area contributed by atoms with E-state index >= 15 is 0 Å². The third-order valence-electron chi connectivity index (χ3n) is 3.89. The van der Waals surface area contributed by atoms with Crippen LogP contribution in [-0.2, 0) is 6.42 Å². The predicted molar refractivity (Wildman–Crippen MR) is 81.0 cm³/mol. The number of benzene rings is 2.